The minimum absolute atomic E-state index is 0.160. The Morgan fingerprint density at radius 3 is 1.35 bits per heavy atom. The van der Waals surface area contributed by atoms with Crippen molar-refractivity contribution in [2.24, 2.45) is 27.1 Å². The van der Waals surface area contributed by atoms with Gasteiger partial charge in [0.2, 0.25) is 0 Å². The summed E-state index contributed by atoms with van der Waals surface area (Å²) in [5, 5.41) is 54.9. The van der Waals surface area contributed by atoms with Crippen LogP contribution in [0.1, 0.15) is 65.6 Å². The van der Waals surface area contributed by atoms with Gasteiger partial charge in [0.25, 0.3) is 17.7 Å². The molecule has 0 aromatic carbocycles. The van der Waals surface area contributed by atoms with Crippen molar-refractivity contribution >= 4 is 40.1 Å². The van der Waals surface area contributed by atoms with E-state index in [4.69, 9.17) is 34.2 Å². The molecule has 26 heteroatoms. The largest absolute Gasteiger partial charge is 0.343 e. The highest BCUT2D eigenvalue weighted by Crippen LogP contribution is 2.47. The SMILES string of the molecule is C#CC(=O)N1CC2CC1CC2c1ccc(-c2cc(-c3cnn(C)c3)cn3ncc(C#N)c23)cn1.C#CC(=O)N1CC2CCN(c3ccc(-c4cc(-c5cnn(C)c5)cn5ncc(C#N)c45)cn3)CN2C1.C#CC(=O)N1CCC(c2ccc(-c3cc(-c4cnn(C)c4)cn4ncc(C#N)c34)cn2)C1. The Hall–Kier alpha value is -13.5. The lowest BCUT2D eigenvalue weighted by Crippen LogP contribution is -2.48. The van der Waals surface area contributed by atoms with Crippen molar-refractivity contribution in [3.8, 4) is 122 Å². The maximum absolute atomic E-state index is 12.0. The summed E-state index contributed by atoms with van der Waals surface area (Å²) in [6.07, 6.45) is 46.8. The Balaban J connectivity index is 0.000000124. The van der Waals surface area contributed by atoms with Crippen molar-refractivity contribution in [1.82, 2.24) is 92.7 Å². The number of pyridine rings is 6. The van der Waals surface area contributed by atoms with Crippen molar-refractivity contribution in [2.75, 3.05) is 51.0 Å². The van der Waals surface area contributed by atoms with E-state index >= 15 is 0 Å². The molecule has 4 saturated heterocycles. The maximum Gasteiger partial charge on any atom is 0.299 e. The Morgan fingerprint density at radius 1 is 0.451 bits per heavy atom. The van der Waals surface area contributed by atoms with Crippen LogP contribution >= 0.6 is 0 Å². The van der Waals surface area contributed by atoms with Gasteiger partial charge in [-0.05, 0) is 91.8 Å². The molecule has 16 heterocycles. The minimum atomic E-state index is -0.275. The molecular weight excluding hydrogens is 1280 g/mol. The van der Waals surface area contributed by atoms with Gasteiger partial charge in [0.05, 0.1) is 83.8 Å². The number of anilines is 1. The molecular formula is C76H63N23O3. The van der Waals surface area contributed by atoms with E-state index in [0.717, 1.165) is 133 Å². The molecule has 2 bridgehead atoms. The highest BCUT2D eigenvalue weighted by Gasteiger charge is 2.47. The monoisotopic (exact) mass is 1350 g/mol. The van der Waals surface area contributed by atoms with Gasteiger partial charge in [-0.25, -0.2) is 18.5 Å². The number of fused-ring (bicyclic) bond motifs is 6. The van der Waals surface area contributed by atoms with E-state index in [1.54, 1.807) is 68.4 Å². The average molecular weight is 1350 g/mol. The molecule has 1 aliphatic carbocycles. The highest BCUT2D eigenvalue weighted by molar-refractivity contribution is 5.95. The number of rotatable bonds is 9. The lowest BCUT2D eigenvalue weighted by molar-refractivity contribution is -0.127. The van der Waals surface area contributed by atoms with Crippen molar-refractivity contribution in [1.29, 1.82) is 15.8 Å². The number of hydrogen-bond donors (Lipinski definition) is 0. The number of amides is 3. The van der Waals surface area contributed by atoms with E-state index in [2.05, 4.69) is 101 Å². The van der Waals surface area contributed by atoms with Gasteiger partial charge in [0.1, 0.15) is 24.0 Å². The number of aromatic nitrogens is 15. The molecule has 3 amide bonds. The number of terminal acetylenes is 3. The third kappa shape index (κ3) is 12.1. The topological polar surface area (TPSA) is 283 Å². The summed E-state index contributed by atoms with van der Waals surface area (Å²) in [4.78, 5) is 59.7. The first-order valence-corrected chi connectivity index (χ1v) is 33.0. The van der Waals surface area contributed by atoms with Crippen LogP contribution in [0.25, 0.3) is 83.3 Å². The number of carbonyl (C=O) groups excluding carboxylic acids is 3. The second-order valence-electron chi connectivity index (χ2n) is 26.1. The standard InChI is InChI=1S/C26H23N9O.C26H21N7O.C24H19N7O/c1-3-25(36)33-15-22-6-7-32(16-34(22)17-33)24-5-4-18(10-28-24)23-8-19(21-12-29-31(2)13-21)14-35-26(23)20(9-27)11-30-35;1-3-25(34)32-14-18-6-21(32)8-22(18)24-5-4-16(10-28-24)23-7-17(20-12-29-31(2)13-20)15-33-26(23)19(9-27)11-30-33;1-3-23(32)30-7-6-17(14-30)22-5-4-16(10-26-22)21-8-18(20-12-27-29(2)13-20)15-31-24(21)19(9-25)11-28-31/h1,4-5,8,10-14,22H,6-7,15-17H2,2H3;1,4-5,7,10-13,15,18,21-22H,6,8,14H2,2H3;1,4-5,8,10-13,15,17H,6-7,14H2,2H3. The Morgan fingerprint density at radius 2 is 0.931 bits per heavy atom. The molecule has 5 aliphatic rings. The third-order valence-corrected chi connectivity index (χ3v) is 20.0. The fourth-order valence-electron chi connectivity index (χ4n) is 14.9. The zero-order valence-corrected chi connectivity index (χ0v) is 55.8. The van der Waals surface area contributed by atoms with E-state index in [9.17, 15) is 30.2 Å². The molecule has 5 unspecified atom stereocenters. The summed E-state index contributed by atoms with van der Waals surface area (Å²) in [6, 6.07) is 25.6. The van der Waals surface area contributed by atoms with Crippen LogP contribution in [0.4, 0.5) is 5.82 Å². The van der Waals surface area contributed by atoms with E-state index in [-0.39, 0.29) is 29.7 Å². The van der Waals surface area contributed by atoms with Gasteiger partial charge in [-0.3, -0.25) is 43.3 Å². The molecule has 0 N–H and O–H groups in total. The second kappa shape index (κ2) is 26.7. The fraction of sp³-hybridized carbons (Fsp3) is 0.250. The van der Waals surface area contributed by atoms with Crippen LogP contribution < -0.4 is 4.90 Å². The van der Waals surface area contributed by atoms with Crippen LogP contribution in [-0.2, 0) is 35.5 Å². The fourth-order valence-corrected chi connectivity index (χ4v) is 14.9. The first-order chi connectivity index (χ1) is 49.7. The minimum Gasteiger partial charge on any atom is -0.343 e. The van der Waals surface area contributed by atoms with Crippen LogP contribution in [0.2, 0.25) is 0 Å². The van der Waals surface area contributed by atoms with E-state index < -0.39 is 0 Å². The zero-order valence-electron chi connectivity index (χ0n) is 55.8. The Bertz CT molecular complexity index is 5570. The Kier molecular flexibility index (Phi) is 16.9. The maximum atomic E-state index is 12.0. The van der Waals surface area contributed by atoms with Gasteiger partial charge < -0.3 is 19.6 Å². The second-order valence-corrected chi connectivity index (χ2v) is 26.1. The van der Waals surface area contributed by atoms with E-state index in [1.165, 1.54) is 0 Å². The molecule has 5 fully saturated rings. The molecule has 4 aliphatic heterocycles. The summed E-state index contributed by atoms with van der Waals surface area (Å²) in [7, 11) is 5.63. The quantitative estimate of drug-likeness (QED) is 0.126. The van der Waals surface area contributed by atoms with Crippen molar-refractivity contribution in [2.45, 2.75) is 49.6 Å². The summed E-state index contributed by atoms with van der Waals surface area (Å²) in [5.41, 5.74) is 16.8. The number of piperidine rings is 1. The predicted molar refractivity (Wildman–Crippen MR) is 376 cm³/mol. The van der Waals surface area contributed by atoms with Crippen LogP contribution in [0, 0.1) is 76.9 Å². The lowest BCUT2D eigenvalue weighted by Gasteiger charge is -2.37. The smallest absolute Gasteiger partial charge is 0.299 e. The van der Waals surface area contributed by atoms with Gasteiger partial charge in [-0.2, -0.15) is 46.4 Å². The van der Waals surface area contributed by atoms with E-state index in [0.29, 0.717) is 74.1 Å². The summed E-state index contributed by atoms with van der Waals surface area (Å²) < 4.78 is 10.5. The number of nitrogens with zero attached hydrogens (tertiary/aromatic N) is 23. The Labute approximate surface area is 585 Å². The van der Waals surface area contributed by atoms with Gasteiger partial charge in [0, 0.05) is 212 Å². The summed E-state index contributed by atoms with van der Waals surface area (Å²) >= 11 is 0. The third-order valence-electron chi connectivity index (χ3n) is 20.0. The molecule has 26 nitrogen and oxygen atoms in total. The molecule has 5 atom stereocenters. The summed E-state index contributed by atoms with van der Waals surface area (Å²) in [6.45, 7) is 4.69. The molecule has 12 aromatic rings. The lowest BCUT2D eigenvalue weighted by atomic mass is 9.90. The molecule has 102 heavy (non-hydrogen) atoms. The number of hydrogen-bond acceptors (Lipinski definition) is 17. The number of nitriles is 3. The van der Waals surface area contributed by atoms with Crippen LogP contribution in [0.15, 0.2) is 148 Å². The number of likely N-dealkylation sites (tertiary alicyclic amines) is 2. The predicted octanol–water partition coefficient (Wildman–Crippen LogP) is 7.56. The zero-order chi connectivity index (χ0) is 70.4. The first kappa shape index (κ1) is 64.5. The van der Waals surface area contributed by atoms with Crippen LogP contribution in [-0.4, -0.2) is 169 Å². The normalized spacial score (nSPS) is 18.1. The highest BCUT2D eigenvalue weighted by atomic mass is 16.2. The first-order valence-electron chi connectivity index (χ1n) is 33.0. The molecule has 17 rings (SSSR count). The van der Waals surface area contributed by atoms with Crippen LogP contribution in [0.5, 0.6) is 0 Å². The van der Waals surface area contributed by atoms with Gasteiger partial charge in [-0.15, -0.1) is 19.3 Å². The molecule has 0 radical (unpaired) electrons. The molecule has 0 spiro atoms. The molecule has 500 valence electrons. The van der Waals surface area contributed by atoms with Crippen molar-refractivity contribution < 1.29 is 14.4 Å². The van der Waals surface area contributed by atoms with Crippen molar-refractivity contribution in [3.63, 3.8) is 0 Å². The molecule has 12 aromatic heterocycles. The van der Waals surface area contributed by atoms with Gasteiger partial charge >= 0.3 is 0 Å². The van der Waals surface area contributed by atoms with Gasteiger partial charge in [-0.1, -0.05) is 12.1 Å². The molecule has 1 saturated carbocycles. The van der Waals surface area contributed by atoms with Crippen molar-refractivity contribution in [3.05, 3.63) is 176 Å². The number of carbonyl (C=O) groups is 3. The van der Waals surface area contributed by atoms with Gasteiger partial charge in [0.15, 0.2) is 0 Å². The average Bonchev–Trinajstić information content (AvgIpc) is 1.69. The number of aryl methyl sites for hydroxylation is 3. The summed E-state index contributed by atoms with van der Waals surface area (Å²) in [5.74, 6) is 7.65. The van der Waals surface area contributed by atoms with Crippen LogP contribution in [0.3, 0.4) is 0 Å². The van der Waals surface area contributed by atoms with E-state index in [1.807, 2.05) is 118 Å².